The summed E-state index contributed by atoms with van der Waals surface area (Å²) in [6.45, 7) is 4.35. The van der Waals surface area contributed by atoms with E-state index in [1.807, 2.05) is 0 Å². The van der Waals surface area contributed by atoms with Crippen LogP contribution in [0.15, 0.2) is 182 Å². The Morgan fingerprint density at radius 3 is 1.55 bits per heavy atom. The molecule has 1 aromatic heterocycles. The van der Waals surface area contributed by atoms with Crippen LogP contribution in [0.4, 0.5) is 0 Å². The van der Waals surface area contributed by atoms with Gasteiger partial charge in [0.1, 0.15) is 5.82 Å². The van der Waals surface area contributed by atoms with E-state index in [-0.39, 0.29) is 0 Å². The monoisotopic (exact) mass is 702 g/mol. The van der Waals surface area contributed by atoms with E-state index in [9.17, 15) is 0 Å². The molecule has 2 nitrogen and oxygen atoms in total. The zero-order valence-electron chi connectivity index (χ0n) is 30.9. The quantitative estimate of drug-likeness (QED) is 0.175. The maximum Gasteiger partial charge on any atom is 0.145 e. The SMILES string of the molecule is C/C=c1/c(-c2ccc3ccccc3c2)c2ccc(-c3ccc(-c4nc5ccccc5n4-c4ccccc4)cc3)cc2c(-c2ccc3ccccc3c2)/c1=C/C. The molecule has 0 aliphatic heterocycles. The lowest BCUT2D eigenvalue weighted by Gasteiger charge is -2.18. The second kappa shape index (κ2) is 13.4. The number of hydrogen-bond donors (Lipinski definition) is 0. The van der Waals surface area contributed by atoms with Crippen LogP contribution < -0.4 is 10.4 Å². The molecule has 10 aromatic rings. The van der Waals surface area contributed by atoms with Gasteiger partial charge in [-0.05, 0) is 132 Å². The van der Waals surface area contributed by atoms with Gasteiger partial charge in [0.05, 0.1) is 11.0 Å². The Kier molecular flexibility index (Phi) is 7.96. The van der Waals surface area contributed by atoms with E-state index in [1.54, 1.807) is 0 Å². The van der Waals surface area contributed by atoms with E-state index in [1.165, 1.54) is 70.6 Å². The third kappa shape index (κ3) is 5.54. The first-order valence-electron chi connectivity index (χ1n) is 19.0. The maximum absolute atomic E-state index is 5.12. The van der Waals surface area contributed by atoms with E-state index < -0.39 is 0 Å². The Balaban J connectivity index is 1.19. The summed E-state index contributed by atoms with van der Waals surface area (Å²) in [4.78, 5) is 5.12. The molecule has 9 aromatic carbocycles. The van der Waals surface area contributed by atoms with Crippen LogP contribution in [0.3, 0.4) is 0 Å². The molecule has 0 aliphatic rings. The lowest BCUT2D eigenvalue weighted by Crippen LogP contribution is -2.29. The normalized spacial score (nSPS) is 12.4. The Labute approximate surface area is 320 Å². The first kappa shape index (κ1) is 32.6. The molecule has 260 valence electrons. The number of imidazole rings is 1. The van der Waals surface area contributed by atoms with Gasteiger partial charge in [0.15, 0.2) is 0 Å². The molecule has 0 amide bonds. The molecule has 0 saturated heterocycles. The van der Waals surface area contributed by atoms with Crippen LogP contribution in [-0.2, 0) is 0 Å². The Bertz CT molecular complexity index is 3210. The molecule has 55 heavy (non-hydrogen) atoms. The summed E-state index contributed by atoms with van der Waals surface area (Å²) >= 11 is 0. The van der Waals surface area contributed by atoms with Crippen molar-refractivity contribution in [3.05, 3.63) is 192 Å². The number of rotatable bonds is 5. The molecule has 10 rings (SSSR count). The summed E-state index contributed by atoms with van der Waals surface area (Å²) < 4.78 is 2.26. The third-order valence-electron chi connectivity index (χ3n) is 11.1. The molecule has 0 aliphatic carbocycles. The highest BCUT2D eigenvalue weighted by Crippen LogP contribution is 2.37. The van der Waals surface area contributed by atoms with Crippen molar-refractivity contribution in [2.75, 3.05) is 0 Å². The van der Waals surface area contributed by atoms with Gasteiger partial charge in [-0.3, -0.25) is 4.57 Å². The molecule has 0 radical (unpaired) electrons. The van der Waals surface area contributed by atoms with Gasteiger partial charge in [0.25, 0.3) is 0 Å². The van der Waals surface area contributed by atoms with Gasteiger partial charge >= 0.3 is 0 Å². The zero-order chi connectivity index (χ0) is 36.9. The summed E-state index contributed by atoms with van der Waals surface area (Å²) in [5.41, 5.74) is 11.6. The molecule has 2 heteroatoms. The molecule has 0 saturated carbocycles. The van der Waals surface area contributed by atoms with Gasteiger partial charge in [-0.25, -0.2) is 4.98 Å². The van der Waals surface area contributed by atoms with Crippen molar-refractivity contribution in [2.45, 2.75) is 13.8 Å². The molecular weight excluding hydrogens is 665 g/mol. The number of aromatic nitrogens is 2. The van der Waals surface area contributed by atoms with Crippen LogP contribution in [0.25, 0.3) is 106 Å². The van der Waals surface area contributed by atoms with Crippen molar-refractivity contribution in [1.29, 1.82) is 0 Å². The molecule has 0 unspecified atom stereocenters. The summed E-state index contributed by atoms with van der Waals surface area (Å²) in [5.74, 6) is 0.933. The van der Waals surface area contributed by atoms with Crippen LogP contribution in [0.2, 0.25) is 0 Å². The van der Waals surface area contributed by atoms with E-state index in [4.69, 9.17) is 4.98 Å². The number of para-hydroxylation sites is 3. The molecule has 0 N–H and O–H groups in total. The summed E-state index contributed by atoms with van der Waals surface area (Å²) in [6.07, 6.45) is 4.59. The van der Waals surface area contributed by atoms with Crippen LogP contribution >= 0.6 is 0 Å². The Morgan fingerprint density at radius 2 is 0.909 bits per heavy atom. The molecule has 1 heterocycles. The van der Waals surface area contributed by atoms with Crippen LogP contribution in [0.1, 0.15) is 13.8 Å². The van der Waals surface area contributed by atoms with E-state index in [0.29, 0.717) is 0 Å². The number of hydrogen-bond acceptors (Lipinski definition) is 1. The minimum atomic E-state index is 0.933. The minimum Gasteiger partial charge on any atom is -0.292 e. The van der Waals surface area contributed by atoms with Crippen molar-refractivity contribution >= 4 is 55.5 Å². The first-order chi connectivity index (χ1) is 27.2. The highest BCUT2D eigenvalue weighted by molar-refractivity contribution is 6.09. The maximum atomic E-state index is 5.12. The highest BCUT2D eigenvalue weighted by Gasteiger charge is 2.18. The van der Waals surface area contributed by atoms with Crippen molar-refractivity contribution in [3.63, 3.8) is 0 Å². The average Bonchev–Trinajstić information content (AvgIpc) is 3.65. The molecule has 0 bridgehead atoms. The van der Waals surface area contributed by atoms with Gasteiger partial charge < -0.3 is 0 Å². The van der Waals surface area contributed by atoms with Crippen molar-refractivity contribution in [3.8, 4) is 50.5 Å². The average molecular weight is 703 g/mol. The predicted octanol–water partition coefficient (Wildman–Crippen LogP) is 12.8. The van der Waals surface area contributed by atoms with Gasteiger partial charge in [-0.15, -0.1) is 0 Å². The standard InChI is InChI=1S/C53H38N2/c1-3-45-46(4-2)52(43-29-25-36-15-9-11-17-40(36)33-43)48-34-41(30-31-47(48)51(45)42-28-24-35-14-8-10-16-39(35)32-42)37-22-26-38(27-23-37)53-54-49-20-12-13-21-50(49)55(53)44-18-6-5-7-19-44/h3-34H,1-2H3/b45-3+,46-4+. The zero-order valence-corrected chi connectivity index (χ0v) is 30.9. The summed E-state index contributed by atoms with van der Waals surface area (Å²) in [5, 5.41) is 9.97. The fraction of sp³-hybridized carbons (Fsp3) is 0.0377. The smallest absolute Gasteiger partial charge is 0.145 e. The Hall–Kier alpha value is -7.03. The Morgan fingerprint density at radius 1 is 0.400 bits per heavy atom. The summed E-state index contributed by atoms with van der Waals surface area (Å²) in [7, 11) is 0. The van der Waals surface area contributed by atoms with Gasteiger partial charge in [-0.1, -0.05) is 152 Å². The second-order valence-electron chi connectivity index (χ2n) is 14.2. The number of fused-ring (bicyclic) bond motifs is 4. The minimum absolute atomic E-state index is 0.933. The van der Waals surface area contributed by atoms with Gasteiger partial charge in [-0.2, -0.15) is 0 Å². The van der Waals surface area contributed by atoms with Crippen molar-refractivity contribution < 1.29 is 0 Å². The molecule has 0 atom stereocenters. The van der Waals surface area contributed by atoms with Gasteiger partial charge in [0.2, 0.25) is 0 Å². The van der Waals surface area contributed by atoms with Crippen molar-refractivity contribution in [2.24, 2.45) is 0 Å². The fourth-order valence-corrected chi connectivity index (χ4v) is 8.49. The molecule has 0 spiro atoms. The van der Waals surface area contributed by atoms with Crippen LogP contribution in [0.5, 0.6) is 0 Å². The predicted molar refractivity (Wildman–Crippen MR) is 235 cm³/mol. The largest absolute Gasteiger partial charge is 0.292 e. The first-order valence-corrected chi connectivity index (χ1v) is 19.0. The van der Waals surface area contributed by atoms with Crippen LogP contribution in [-0.4, -0.2) is 9.55 Å². The topological polar surface area (TPSA) is 17.8 Å². The second-order valence-corrected chi connectivity index (χ2v) is 14.2. The van der Waals surface area contributed by atoms with E-state index >= 15 is 0 Å². The lowest BCUT2D eigenvalue weighted by atomic mass is 9.85. The van der Waals surface area contributed by atoms with E-state index in [0.717, 1.165) is 33.7 Å². The number of nitrogens with zero attached hydrogens (tertiary/aromatic N) is 2. The fourth-order valence-electron chi connectivity index (χ4n) is 8.49. The number of benzene rings is 9. The third-order valence-corrected chi connectivity index (χ3v) is 11.1. The van der Waals surface area contributed by atoms with E-state index in [2.05, 4.69) is 213 Å². The highest BCUT2D eigenvalue weighted by atomic mass is 15.1. The molecular formula is C53H38N2. The molecule has 0 fully saturated rings. The van der Waals surface area contributed by atoms with Crippen molar-refractivity contribution in [1.82, 2.24) is 9.55 Å². The lowest BCUT2D eigenvalue weighted by molar-refractivity contribution is 1.10. The summed E-state index contributed by atoms with van der Waals surface area (Å²) in [6, 6.07) is 65.9. The van der Waals surface area contributed by atoms with Crippen LogP contribution in [0, 0.1) is 0 Å². The van der Waals surface area contributed by atoms with Gasteiger partial charge in [0, 0.05) is 11.3 Å².